The van der Waals surface area contributed by atoms with Crippen molar-refractivity contribution in [1.29, 1.82) is 0 Å². The fourth-order valence-electron chi connectivity index (χ4n) is 3.71. The standard InChI is InChI=1S/C22H28N2O.C2H2O4/c1-17-10-8-9-15-20(17)23-16-21(25)24-22(18-11-4-2-5-12-18)19-13-6-3-7-14-19;3-1(4)2(5)6/h2-7,11-14,17,20,22-23H,8-10,15-16H2,1H3,(H,24,25);(H,3,4)(H,5,6). The molecular formula is C24H30N2O5. The summed E-state index contributed by atoms with van der Waals surface area (Å²) in [6.45, 7) is 2.66. The van der Waals surface area contributed by atoms with Crippen molar-refractivity contribution in [3.05, 3.63) is 71.8 Å². The molecule has 0 spiro atoms. The van der Waals surface area contributed by atoms with Gasteiger partial charge in [-0.05, 0) is 29.9 Å². The van der Waals surface area contributed by atoms with Crippen LogP contribution in [0.5, 0.6) is 0 Å². The van der Waals surface area contributed by atoms with Crippen LogP contribution in [0.2, 0.25) is 0 Å². The lowest BCUT2D eigenvalue weighted by molar-refractivity contribution is -0.159. The van der Waals surface area contributed by atoms with Crippen LogP contribution in [0.15, 0.2) is 60.7 Å². The molecule has 166 valence electrons. The van der Waals surface area contributed by atoms with Crippen molar-refractivity contribution in [2.24, 2.45) is 5.92 Å². The van der Waals surface area contributed by atoms with Gasteiger partial charge in [0.1, 0.15) is 0 Å². The average Bonchev–Trinajstić information content (AvgIpc) is 2.78. The van der Waals surface area contributed by atoms with Gasteiger partial charge in [0.25, 0.3) is 0 Å². The lowest BCUT2D eigenvalue weighted by atomic mass is 9.86. The van der Waals surface area contributed by atoms with Crippen LogP contribution in [-0.4, -0.2) is 40.6 Å². The first-order chi connectivity index (χ1) is 14.9. The summed E-state index contributed by atoms with van der Waals surface area (Å²) in [5.74, 6) is -2.94. The van der Waals surface area contributed by atoms with Gasteiger partial charge in [-0.3, -0.25) is 4.79 Å². The van der Waals surface area contributed by atoms with Gasteiger partial charge in [0, 0.05) is 6.04 Å². The molecule has 0 saturated heterocycles. The summed E-state index contributed by atoms with van der Waals surface area (Å²) in [5, 5.41) is 21.5. The monoisotopic (exact) mass is 426 g/mol. The zero-order valence-electron chi connectivity index (χ0n) is 17.7. The first-order valence-electron chi connectivity index (χ1n) is 10.5. The van der Waals surface area contributed by atoms with Crippen LogP contribution in [0.3, 0.4) is 0 Å². The van der Waals surface area contributed by atoms with Crippen LogP contribution in [0, 0.1) is 5.92 Å². The van der Waals surface area contributed by atoms with Gasteiger partial charge in [-0.1, -0.05) is 80.4 Å². The molecule has 1 aliphatic rings. The molecule has 4 N–H and O–H groups in total. The minimum atomic E-state index is -1.82. The van der Waals surface area contributed by atoms with E-state index in [0.717, 1.165) is 11.1 Å². The first kappa shape index (κ1) is 24.1. The van der Waals surface area contributed by atoms with Crippen molar-refractivity contribution in [3.8, 4) is 0 Å². The summed E-state index contributed by atoms with van der Waals surface area (Å²) in [5.41, 5.74) is 2.21. The molecule has 1 aliphatic carbocycles. The van der Waals surface area contributed by atoms with E-state index in [-0.39, 0.29) is 11.9 Å². The topological polar surface area (TPSA) is 116 Å². The van der Waals surface area contributed by atoms with Gasteiger partial charge >= 0.3 is 11.9 Å². The number of carbonyl (C=O) groups is 3. The number of hydrogen-bond acceptors (Lipinski definition) is 4. The van der Waals surface area contributed by atoms with E-state index in [1.807, 2.05) is 36.4 Å². The molecule has 2 aromatic carbocycles. The van der Waals surface area contributed by atoms with Crippen molar-refractivity contribution in [2.45, 2.75) is 44.7 Å². The highest BCUT2D eigenvalue weighted by Crippen LogP contribution is 2.24. The highest BCUT2D eigenvalue weighted by atomic mass is 16.4. The third-order valence-corrected chi connectivity index (χ3v) is 5.39. The number of carboxylic acid groups (broad SMARTS) is 2. The highest BCUT2D eigenvalue weighted by molar-refractivity contribution is 6.27. The van der Waals surface area contributed by atoms with E-state index in [1.165, 1.54) is 25.7 Å². The molecule has 3 rings (SSSR count). The molecule has 2 aromatic rings. The number of amides is 1. The Hall–Kier alpha value is -3.19. The summed E-state index contributed by atoms with van der Waals surface area (Å²) in [6.07, 6.45) is 5.01. The van der Waals surface area contributed by atoms with Crippen molar-refractivity contribution >= 4 is 17.8 Å². The number of aliphatic carboxylic acids is 2. The van der Waals surface area contributed by atoms with Crippen molar-refractivity contribution in [3.63, 3.8) is 0 Å². The van der Waals surface area contributed by atoms with Gasteiger partial charge < -0.3 is 20.8 Å². The lowest BCUT2D eigenvalue weighted by Crippen LogP contribution is -2.44. The molecule has 1 amide bonds. The predicted octanol–water partition coefficient (Wildman–Crippen LogP) is 3.22. The summed E-state index contributed by atoms with van der Waals surface area (Å²) < 4.78 is 0. The third kappa shape index (κ3) is 8.22. The van der Waals surface area contributed by atoms with E-state index in [4.69, 9.17) is 19.8 Å². The fraction of sp³-hybridized carbons (Fsp3) is 0.375. The van der Waals surface area contributed by atoms with Crippen LogP contribution >= 0.6 is 0 Å². The van der Waals surface area contributed by atoms with Gasteiger partial charge in [-0.2, -0.15) is 0 Å². The third-order valence-electron chi connectivity index (χ3n) is 5.39. The van der Waals surface area contributed by atoms with Gasteiger partial charge in [0.15, 0.2) is 0 Å². The van der Waals surface area contributed by atoms with E-state index < -0.39 is 11.9 Å². The van der Waals surface area contributed by atoms with Gasteiger partial charge in [0.2, 0.25) is 5.91 Å². The van der Waals surface area contributed by atoms with Crippen molar-refractivity contribution in [2.75, 3.05) is 6.54 Å². The molecule has 7 nitrogen and oxygen atoms in total. The van der Waals surface area contributed by atoms with Gasteiger partial charge in [0.05, 0.1) is 12.6 Å². The van der Waals surface area contributed by atoms with Gasteiger partial charge in [-0.15, -0.1) is 0 Å². The van der Waals surface area contributed by atoms with E-state index in [9.17, 15) is 4.79 Å². The average molecular weight is 427 g/mol. The van der Waals surface area contributed by atoms with Crippen molar-refractivity contribution in [1.82, 2.24) is 10.6 Å². The second kappa shape index (κ2) is 12.5. The lowest BCUT2D eigenvalue weighted by Gasteiger charge is -2.29. The van der Waals surface area contributed by atoms with Crippen LogP contribution < -0.4 is 10.6 Å². The molecule has 31 heavy (non-hydrogen) atoms. The van der Waals surface area contributed by atoms with E-state index >= 15 is 0 Å². The molecule has 0 heterocycles. The molecule has 0 bridgehead atoms. The maximum Gasteiger partial charge on any atom is 0.414 e. The molecular weight excluding hydrogens is 396 g/mol. The normalized spacial score (nSPS) is 17.9. The summed E-state index contributed by atoms with van der Waals surface area (Å²) in [7, 11) is 0. The molecule has 0 aromatic heterocycles. The quantitative estimate of drug-likeness (QED) is 0.527. The predicted molar refractivity (Wildman–Crippen MR) is 118 cm³/mol. The van der Waals surface area contributed by atoms with Crippen molar-refractivity contribution < 1.29 is 24.6 Å². The Balaban J connectivity index is 0.000000501. The summed E-state index contributed by atoms with van der Waals surface area (Å²) in [6, 6.07) is 20.7. The number of rotatable bonds is 6. The molecule has 1 saturated carbocycles. The maximum absolute atomic E-state index is 12.6. The molecule has 0 radical (unpaired) electrons. The molecule has 2 atom stereocenters. The molecule has 7 heteroatoms. The second-order valence-corrected chi connectivity index (χ2v) is 7.68. The van der Waals surface area contributed by atoms with Crippen LogP contribution in [0.4, 0.5) is 0 Å². The number of hydrogen-bond donors (Lipinski definition) is 4. The minimum absolute atomic E-state index is 0.0514. The summed E-state index contributed by atoms with van der Waals surface area (Å²) in [4.78, 5) is 30.8. The molecule has 2 unspecified atom stereocenters. The Kier molecular flexibility index (Phi) is 9.71. The van der Waals surface area contributed by atoms with Gasteiger partial charge in [-0.25, -0.2) is 9.59 Å². The van der Waals surface area contributed by atoms with Crippen LogP contribution in [0.1, 0.15) is 49.8 Å². The maximum atomic E-state index is 12.6. The fourth-order valence-corrected chi connectivity index (χ4v) is 3.71. The number of carboxylic acids is 2. The first-order valence-corrected chi connectivity index (χ1v) is 10.5. The number of carbonyl (C=O) groups excluding carboxylic acids is 1. The Morgan fingerprint density at radius 1 is 0.871 bits per heavy atom. The smallest absolute Gasteiger partial charge is 0.414 e. The second-order valence-electron chi connectivity index (χ2n) is 7.68. The highest BCUT2D eigenvalue weighted by Gasteiger charge is 2.22. The molecule has 1 fully saturated rings. The van der Waals surface area contributed by atoms with E-state index in [1.54, 1.807) is 0 Å². The molecule has 0 aliphatic heterocycles. The SMILES string of the molecule is CC1CCCCC1NCC(=O)NC(c1ccccc1)c1ccccc1.O=C(O)C(=O)O. The number of nitrogens with one attached hydrogen (secondary N) is 2. The Bertz CT molecular complexity index is 790. The van der Waals surface area contributed by atoms with E-state index in [2.05, 4.69) is 41.8 Å². The summed E-state index contributed by atoms with van der Waals surface area (Å²) >= 11 is 0. The zero-order chi connectivity index (χ0) is 22.6. The Morgan fingerprint density at radius 2 is 1.35 bits per heavy atom. The van der Waals surface area contributed by atoms with E-state index in [0.29, 0.717) is 18.5 Å². The zero-order valence-corrected chi connectivity index (χ0v) is 17.7. The minimum Gasteiger partial charge on any atom is -0.473 e. The number of benzene rings is 2. The van der Waals surface area contributed by atoms with Crippen LogP contribution in [-0.2, 0) is 14.4 Å². The Morgan fingerprint density at radius 3 is 1.81 bits per heavy atom. The largest absolute Gasteiger partial charge is 0.473 e. The Labute approximate surface area is 182 Å². The van der Waals surface area contributed by atoms with Crippen LogP contribution in [0.25, 0.3) is 0 Å².